The quantitative estimate of drug-likeness (QED) is 0.290. The molecule has 1 fully saturated rings. The van der Waals surface area contributed by atoms with E-state index in [9.17, 15) is 14.4 Å². The first-order valence-electron chi connectivity index (χ1n) is 12.0. The highest BCUT2D eigenvalue weighted by molar-refractivity contribution is 8.00. The topological polar surface area (TPSA) is 81.5 Å². The Morgan fingerprint density at radius 3 is 2.54 bits per heavy atom. The molecule has 2 heterocycles. The van der Waals surface area contributed by atoms with E-state index in [0.29, 0.717) is 48.6 Å². The zero-order valence-electron chi connectivity index (χ0n) is 20.6. The van der Waals surface area contributed by atoms with Crippen LogP contribution in [0.4, 0.5) is 0 Å². The Kier molecular flexibility index (Phi) is 7.60. The summed E-state index contributed by atoms with van der Waals surface area (Å²) in [6, 6.07) is 13.2. The Balaban J connectivity index is 1.62. The summed E-state index contributed by atoms with van der Waals surface area (Å²) < 4.78 is 6.76. The Morgan fingerprint density at radius 1 is 1.14 bits per heavy atom. The van der Waals surface area contributed by atoms with Gasteiger partial charge in [-0.15, -0.1) is 0 Å². The number of amides is 1. The van der Waals surface area contributed by atoms with Gasteiger partial charge in [0.15, 0.2) is 5.16 Å². The molecule has 0 radical (unpaired) electrons. The van der Waals surface area contributed by atoms with Gasteiger partial charge in [0, 0.05) is 13.1 Å². The lowest BCUT2D eigenvalue weighted by Crippen LogP contribution is -2.43. The van der Waals surface area contributed by atoms with Crippen molar-refractivity contribution in [1.82, 2.24) is 14.5 Å². The third kappa shape index (κ3) is 5.27. The van der Waals surface area contributed by atoms with Gasteiger partial charge in [0.2, 0.25) is 5.91 Å². The number of esters is 1. The van der Waals surface area contributed by atoms with Crippen molar-refractivity contribution >= 4 is 34.5 Å². The minimum absolute atomic E-state index is 0.0214. The van der Waals surface area contributed by atoms with E-state index in [1.165, 1.54) is 11.8 Å². The van der Waals surface area contributed by atoms with Gasteiger partial charge in [-0.25, -0.2) is 4.98 Å². The molecule has 7 nitrogen and oxygen atoms in total. The summed E-state index contributed by atoms with van der Waals surface area (Å²) in [5, 5.41) is 0.582. The maximum atomic E-state index is 13.6. The third-order valence-corrected chi connectivity index (χ3v) is 7.43. The standard InChI is InChI=1S/C27H31N3O4S/c1-5-34-26(33)20-12-14-29(15-13-20)24(31)19(4)35-27-28-22-9-7-6-8-21(22)25(32)30(27)23-11-10-17(2)16-18(23)3/h6-11,16,19-20H,5,12-15H2,1-4H3. The van der Waals surface area contributed by atoms with Crippen LogP contribution in [0.1, 0.15) is 37.8 Å². The van der Waals surface area contributed by atoms with Crippen molar-refractivity contribution in [3.05, 3.63) is 63.9 Å². The maximum absolute atomic E-state index is 13.6. The van der Waals surface area contributed by atoms with Crippen LogP contribution in [0.3, 0.4) is 0 Å². The van der Waals surface area contributed by atoms with Crippen LogP contribution in [0.25, 0.3) is 16.6 Å². The van der Waals surface area contributed by atoms with Crippen LogP contribution in [-0.2, 0) is 14.3 Å². The predicted octanol–water partition coefficient (Wildman–Crippen LogP) is 4.28. The van der Waals surface area contributed by atoms with E-state index in [1.54, 1.807) is 22.5 Å². The number of thioether (sulfide) groups is 1. The summed E-state index contributed by atoms with van der Waals surface area (Å²) in [7, 11) is 0. The highest BCUT2D eigenvalue weighted by Gasteiger charge is 2.31. The van der Waals surface area contributed by atoms with Crippen molar-refractivity contribution in [2.24, 2.45) is 5.92 Å². The summed E-state index contributed by atoms with van der Waals surface area (Å²) >= 11 is 1.29. The number of likely N-dealkylation sites (tertiary alicyclic amines) is 1. The van der Waals surface area contributed by atoms with Crippen molar-refractivity contribution in [3.8, 4) is 5.69 Å². The van der Waals surface area contributed by atoms with E-state index in [0.717, 1.165) is 16.8 Å². The Bertz CT molecular complexity index is 1310. The fourth-order valence-corrected chi connectivity index (χ4v) is 5.53. The molecule has 0 spiro atoms. The lowest BCUT2D eigenvalue weighted by molar-refractivity contribution is -0.151. The van der Waals surface area contributed by atoms with Crippen LogP contribution in [0.15, 0.2) is 52.4 Å². The molecule has 1 saturated heterocycles. The van der Waals surface area contributed by atoms with Gasteiger partial charge in [-0.2, -0.15) is 0 Å². The van der Waals surface area contributed by atoms with Crippen molar-refractivity contribution in [2.75, 3.05) is 19.7 Å². The van der Waals surface area contributed by atoms with Gasteiger partial charge in [0.25, 0.3) is 5.56 Å². The molecule has 4 rings (SSSR count). The van der Waals surface area contributed by atoms with Crippen LogP contribution >= 0.6 is 11.8 Å². The van der Waals surface area contributed by atoms with E-state index in [-0.39, 0.29) is 23.4 Å². The molecule has 3 aromatic rings. The third-order valence-electron chi connectivity index (χ3n) is 6.39. The largest absolute Gasteiger partial charge is 0.466 e. The average Bonchev–Trinajstić information content (AvgIpc) is 2.85. The molecule has 184 valence electrons. The molecule has 2 aromatic carbocycles. The molecule has 1 aliphatic heterocycles. The van der Waals surface area contributed by atoms with Crippen LogP contribution in [0, 0.1) is 19.8 Å². The predicted molar refractivity (Wildman–Crippen MR) is 138 cm³/mol. The van der Waals surface area contributed by atoms with Gasteiger partial charge in [-0.3, -0.25) is 19.0 Å². The first kappa shape index (κ1) is 25.0. The van der Waals surface area contributed by atoms with E-state index in [4.69, 9.17) is 9.72 Å². The number of para-hydroxylation sites is 1. The number of hydrogen-bond donors (Lipinski definition) is 0. The molecule has 1 atom stereocenters. The second kappa shape index (κ2) is 10.6. The summed E-state index contributed by atoms with van der Waals surface area (Å²) in [6.07, 6.45) is 1.20. The number of piperidine rings is 1. The molecule has 1 aliphatic rings. The average molecular weight is 494 g/mol. The van der Waals surface area contributed by atoms with Crippen LogP contribution in [0.5, 0.6) is 0 Å². The summed E-state index contributed by atoms with van der Waals surface area (Å²) in [5.41, 5.74) is 3.29. The van der Waals surface area contributed by atoms with Crippen LogP contribution in [-0.4, -0.2) is 51.3 Å². The number of carbonyl (C=O) groups excluding carboxylic acids is 2. The lowest BCUT2D eigenvalue weighted by Gasteiger charge is -2.32. The van der Waals surface area contributed by atoms with Crippen LogP contribution in [0.2, 0.25) is 0 Å². The van der Waals surface area contributed by atoms with Gasteiger partial charge < -0.3 is 9.64 Å². The van der Waals surface area contributed by atoms with Crippen molar-refractivity contribution in [1.29, 1.82) is 0 Å². The number of aromatic nitrogens is 2. The van der Waals surface area contributed by atoms with Crippen molar-refractivity contribution < 1.29 is 14.3 Å². The van der Waals surface area contributed by atoms with Crippen molar-refractivity contribution in [3.63, 3.8) is 0 Å². The number of aryl methyl sites for hydroxylation is 2. The SMILES string of the molecule is CCOC(=O)C1CCN(C(=O)C(C)Sc2nc3ccccc3c(=O)n2-c2ccc(C)cc2C)CC1. The number of fused-ring (bicyclic) bond motifs is 1. The summed E-state index contributed by atoms with van der Waals surface area (Å²) in [6.45, 7) is 9.03. The number of rotatable bonds is 6. The van der Waals surface area contributed by atoms with E-state index >= 15 is 0 Å². The molecule has 0 saturated carbocycles. The molecule has 8 heteroatoms. The minimum Gasteiger partial charge on any atom is -0.466 e. The van der Waals surface area contributed by atoms with Gasteiger partial charge in [0.1, 0.15) is 0 Å². The normalized spacial score (nSPS) is 15.3. The molecule has 1 aromatic heterocycles. The molecule has 0 N–H and O–H groups in total. The van der Waals surface area contributed by atoms with Gasteiger partial charge in [-0.1, -0.05) is 41.6 Å². The van der Waals surface area contributed by atoms with Gasteiger partial charge >= 0.3 is 5.97 Å². The lowest BCUT2D eigenvalue weighted by atomic mass is 9.97. The Hall–Kier alpha value is -3.13. The number of carbonyl (C=O) groups is 2. The van der Waals surface area contributed by atoms with E-state index in [2.05, 4.69) is 0 Å². The van der Waals surface area contributed by atoms with Crippen LogP contribution < -0.4 is 5.56 Å². The molecule has 0 bridgehead atoms. The first-order chi connectivity index (χ1) is 16.8. The maximum Gasteiger partial charge on any atom is 0.309 e. The second-order valence-electron chi connectivity index (χ2n) is 8.95. The number of nitrogens with zero attached hydrogens (tertiary/aromatic N) is 3. The fraction of sp³-hybridized carbons (Fsp3) is 0.407. The second-order valence-corrected chi connectivity index (χ2v) is 10.3. The first-order valence-corrected chi connectivity index (χ1v) is 12.9. The van der Waals surface area contributed by atoms with E-state index in [1.807, 2.05) is 57.2 Å². The van der Waals surface area contributed by atoms with E-state index < -0.39 is 5.25 Å². The highest BCUT2D eigenvalue weighted by Crippen LogP contribution is 2.29. The van der Waals surface area contributed by atoms with Crippen molar-refractivity contribution in [2.45, 2.75) is 50.9 Å². The number of benzene rings is 2. The Labute approximate surface area is 209 Å². The fourth-order valence-electron chi connectivity index (χ4n) is 4.52. The minimum atomic E-state index is -0.445. The Morgan fingerprint density at radius 2 is 1.86 bits per heavy atom. The summed E-state index contributed by atoms with van der Waals surface area (Å²) in [4.78, 5) is 45.5. The summed E-state index contributed by atoms with van der Waals surface area (Å²) in [5.74, 6) is -0.356. The number of ether oxygens (including phenoxy) is 1. The number of hydrogen-bond acceptors (Lipinski definition) is 6. The zero-order chi connectivity index (χ0) is 25.1. The highest BCUT2D eigenvalue weighted by atomic mass is 32.2. The molecule has 0 aliphatic carbocycles. The molecule has 35 heavy (non-hydrogen) atoms. The zero-order valence-corrected chi connectivity index (χ0v) is 21.4. The molecular formula is C27H31N3O4S. The molecular weight excluding hydrogens is 462 g/mol. The monoisotopic (exact) mass is 493 g/mol. The molecule has 1 unspecified atom stereocenters. The smallest absolute Gasteiger partial charge is 0.309 e. The molecule has 1 amide bonds. The van der Waals surface area contributed by atoms with Gasteiger partial charge in [-0.05, 0) is 64.3 Å². The van der Waals surface area contributed by atoms with Gasteiger partial charge in [0.05, 0.1) is 34.4 Å².